The molecule has 0 amide bonds. The summed E-state index contributed by atoms with van der Waals surface area (Å²) in [7, 11) is 0. The molecule has 2 heterocycles. The number of aromatic nitrogens is 4. The van der Waals surface area contributed by atoms with Crippen molar-refractivity contribution in [3.05, 3.63) is 23.0 Å². The fourth-order valence-corrected chi connectivity index (χ4v) is 2.22. The molecule has 0 unspecified atom stereocenters. The lowest BCUT2D eigenvalue weighted by atomic mass is 9.90. The van der Waals surface area contributed by atoms with Crippen LogP contribution in [0.25, 0.3) is 5.13 Å². The lowest BCUT2D eigenvalue weighted by Gasteiger charge is -2.19. The van der Waals surface area contributed by atoms with Gasteiger partial charge in [-0.05, 0) is 0 Å². The number of rotatable bonds is 2. The summed E-state index contributed by atoms with van der Waals surface area (Å²) >= 11 is 1.50. The van der Waals surface area contributed by atoms with Crippen LogP contribution in [0.15, 0.2) is 11.6 Å². The second kappa shape index (κ2) is 3.95. The van der Waals surface area contributed by atoms with Gasteiger partial charge in [0.1, 0.15) is 5.69 Å². The minimum atomic E-state index is -0.132. The first kappa shape index (κ1) is 11.2. The van der Waals surface area contributed by atoms with Crippen LogP contribution >= 0.6 is 11.3 Å². The van der Waals surface area contributed by atoms with Gasteiger partial charge in [-0.1, -0.05) is 26.0 Å². The van der Waals surface area contributed by atoms with Crippen molar-refractivity contribution in [2.75, 3.05) is 0 Å². The highest BCUT2D eigenvalue weighted by Gasteiger charge is 2.26. The van der Waals surface area contributed by atoms with Crippen molar-refractivity contribution in [1.82, 2.24) is 20.0 Å². The molecule has 6 heteroatoms. The van der Waals surface area contributed by atoms with Gasteiger partial charge in [0.25, 0.3) is 0 Å². The minimum absolute atomic E-state index is 0.0992. The van der Waals surface area contributed by atoms with E-state index in [2.05, 4.69) is 36.1 Å². The summed E-state index contributed by atoms with van der Waals surface area (Å²) < 4.78 is 1.70. The monoisotopic (exact) mass is 238 g/mol. The van der Waals surface area contributed by atoms with Gasteiger partial charge in [0.15, 0.2) is 0 Å². The largest absolute Gasteiger partial charge is 0.390 e. The van der Waals surface area contributed by atoms with Crippen LogP contribution in [-0.4, -0.2) is 25.1 Å². The second-order valence-corrected chi connectivity index (χ2v) is 5.39. The van der Waals surface area contributed by atoms with E-state index in [4.69, 9.17) is 0 Å². The Bertz CT molecular complexity index is 469. The Morgan fingerprint density at radius 3 is 2.69 bits per heavy atom. The van der Waals surface area contributed by atoms with E-state index in [9.17, 15) is 5.11 Å². The molecule has 2 aromatic rings. The first-order valence-electron chi connectivity index (χ1n) is 5.00. The number of thiazole rings is 1. The van der Waals surface area contributed by atoms with Crippen LogP contribution in [0.3, 0.4) is 0 Å². The van der Waals surface area contributed by atoms with Gasteiger partial charge in [-0.15, -0.1) is 16.4 Å². The number of nitrogens with zero attached hydrogens (tertiary/aromatic N) is 4. The summed E-state index contributed by atoms with van der Waals surface area (Å²) in [6.07, 6.45) is 1.73. The van der Waals surface area contributed by atoms with Gasteiger partial charge in [-0.2, -0.15) is 4.68 Å². The molecule has 0 radical (unpaired) electrons. The lowest BCUT2D eigenvalue weighted by Crippen LogP contribution is -2.19. The van der Waals surface area contributed by atoms with Crippen LogP contribution in [0.2, 0.25) is 0 Å². The standard InChI is InChI=1S/C10H14N4OS/c1-10(2,3)8-7(6-15)12-13-14(8)9-11-4-5-16-9/h4-5,15H,6H2,1-3H3. The maximum absolute atomic E-state index is 9.26. The van der Waals surface area contributed by atoms with E-state index in [0.29, 0.717) is 5.69 Å². The minimum Gasteiger partial charge on any atom is -0.390 e. The lowest BCUT2D eigenvalue weighted by molar-refractivity contribution is 0.273. The third kappa shape index (κ3) is 1.85. The molecule has 2 rings (SSSR count). The van der Waals surface area contributed by atoms with Crippen LogP contribution in [-0.2, 0) is 12.0 Å². The molecule has 0 bridgehead atoms. The molecule has 0 aliphatic rings. The normalized spacial score (nSPS) is 12.0. The van der Waals surface area contributed by atoms with Crippen molar-refractivity contribution < 1.29 is 5.11 Å². The number of hydrogen-bond donors (Lipinski definition) is 1. The van der Waals surface area contributed by atoms with Crippen LogP contribution in [0.4, 0.5) is 0 Å². The highest BCUT2D eigenvalue weighted by molar-refractivity contribution is 7.12. The van der Waals surface area contributed by atoms with Gasteiger partial charge in [-0.3, -0.25) is 0 Å². The highest BCUT2D eigenvalue weighted by atomic mass is 32.1. The van der Waals surface area contributed by atoms with Gasteiger partial charge in [0, 0.05) is 17.0 Å². The predicted molar refractivity (Wildman–Crippen MR) is 61.7 cm³/mol. The van der Waals surface area contributed by atoms with E-state index in [1.807, 2.05) is 5.38 Å². The molecule has 0 aromatic carbocycles. The van der Waals surface area contributed by atoms with Crippen molar-refractivity contribution in [2.24, 2.45) is 0 Å². The average molecular weight is 238 g/mol. The Balaban J connectivity index is 2.59. The molecule has 0 saturated carbocycles. The summed E-state index contributed by atoms with van der Waals surface area (Å²) in [5.74, 6) is 0. The first-order valence-corrected chi connectivity index (χ1v) is 5.88. The quantitative estimate of drug-likeness (QED) is 0.861. The van der Waals surface area contributed by atoms with E-state index >= 15 is 0 Å². The van der Waals surface area contributed by atoms with Gasteiger partial charge < -0.3 is 5.11 Å². The molecule has 16 heavy (non-hydrogen) atoms. The van der Waals surface area contributed by atoms with Crippen molar-refractivity contribution in [1.29, 1.82) is 0 Å². The summed E-state index contributed by atoms with van der Waals surface area (Å²) in [5, 5.41) is 20.0. The van der Waals surface area contributed by atoms with E-state index in [-0.39, 0.29) is 12.0 Å². The molecule has 0 atom stereocenters. The zero-order chi connectivity index (χ0) is 11.8. The topological polar surface area (TPSA) is 63.8 Å². The van der Waals surface area contributed by atoms with Crippen LogP contribution < -0.4 is 0 Å². The Morgan fingerprint density at radius 1 is 1.44 bits per heavy atom. The van der Waals surface area contributed by atoms with Gasteiger partial charge in [0.05, 0.1) is 12.3 Å². The molecule has 86 valence electrons. The van der Waals surface area contributed by atoms with Gasteiger partial charge >= 0.3 is 0 Å². The zero-order valence-electron chi connectivity index (χ0n) is 9.51. The third-order valence-electron chi connectivity index (χ3n) is 2.20. The zero-order valence-corrected chi connectivity index (χ0v) is 10.3. The van der Waals surface area contributed by atoms with Crippen molar-refractivity contribution in [2.45, 2.75) is 32.8 Å². The Hall–Kier alpha value is -1.27. The van der Waals surface area contributed by atoms with Crippen LogP contribution in [0.1, 0.15) is 32.2 Å². The van der Waals surface area contributed by atoms with E-state index < -0.39 is 0 Å². The van der Waals surface area contributed by atoms with Crippen LogP contribution in [0.5, 0.6) is 0 Å². The molecule has 0 aliphatic carbocycles. The highest BCUT2D eigenvalue weighted by Crippen LogP contribution is 2.27. The molecule has 1 N–H and O–H groups in total. The Kier molecular flexibility index (Phi) is 2.77. The van der Waals surface area contributed by atoms with Crippen molar-refractivity contribution >= 4 is 11.3 Å². The summed E-state index contributed by atoms with van der Waals surface area (Å²) in [6, 6.07) is 0. The summed E-state index contributed by atoms with van der Waals surface area (Å²) in [6.45, 7) is 6.09. The Labute approximate surface area is 97.8 Å². The molecule has 0 aliphatic heterocycles. The Morgan fingerprint density at radius 2 is 2.19 bits per heavy atom. The maximum Gasteiger partial charge on any atom is 0.211 e. The third-order valence-corrected chi connectivity index (χ3v) is 2.95. The molecular weight excluding hydrogens is 224 g/mol. The van der Waals surface area contributed by atoms with Crippen LogP contribution in [0, 0.1) is 0 Å². The molecule has 0 saturated heterocycles. The maximum atomic E-state index is 9.26. The number of aliphatic hydroxyl groups excluding tert-OH is 1. The molecule has 0 spiro atoms. The van der Waals surface area contributed by atoms with E-state index in [0.717, 1.165) is 10.8 Å². The average Bonchev–Trinajstić information content (AvgIpc) is 2.84. The SMILES string of the molecule is CC(C)(C)c1c(CO)nnn1-c1nccs1. The fourth-order valence-electron chi connectivity index (χ4n) is 1.62. The molecule has 2 aromatic heterocycles. The van der Waals surface area contributed by atoms with Gasteiger partial charge in [-0.25, -0.2) is 4.98 Å². The summed E-state index contributed by atoms with van der Waals surface area (Å²) in [5.41, 5.74) is 1.39. The van der Waals surface area contributed by atoms with E-state index in [1.54, 1.807) is 10.9 Å². The fraction of sp³-hybridized carbons (Fsp3) is 0.500. The second-order valence-electron chi connectivity index (χ2n) is 4.52. The van der Waals surface area contributed by atoms with E-state index in [1.165, 1.54) is 11.3 Å². The number of aliphatic hydroxyl groups is 1. The van der Waals surface area contributed by atoms with Gasteiger partial charge in [0.2, 0.25) is 5.13 Å². The smallest absolute Gasteiger partial charge is 0.211 e. The number of hydrogen-bond acceptors (Lipinski definition) is 5. The van der Waals surface area contributed by atoms with Crippen molar-refractivity contribution in [3.8, 4) is 5.13 Å². The summed E-state index contributed by atoms with van der Waals surface area (Å²) in [4.78, 5) is 4.21. The molecule has 5 nitrogen and oxygen atoms in total. The predicted octanol–water partition coefficient (Wildman–Crippen LogP) is 1.51. The first-order chi connectivity index (χ1) is 7.54. The van der Waals surface area contributed by atoms with Crippen molar-refractivity contribution in [3.63, 3.8) is 0 Å². The molecular formula is C10H14N4OS. The molecule has 0 fully saturated rings.